The maximum Gasteiger partial charge on any atom is 0.323 e. The normalized spacial score (nSPS) is 19.4. The zero-order chi connectivity index (χ0) is 23.6. The van der Waals surface area contributed by atoms with Crippen molar-refractivity contribution in [1.29, 1.82) is 0 Å². The first-order valence-corrected chi connectivity index (χ1v) is 10.2. The van der Waals surface area contributed by atoms with Crippen LogP contribution < -0.4 is 15.4 Å². The summed E-state index contributed by atoms with van der Waals surface area (Å²) >= 11 is 0. The summed E-state index contributed by atoms with van der Waals surface area (Å²) in [6.45, 7) is 2.03. The van der Waals surface area contributed by atoms with Crippen LogP contribution in [0.5, 0.6) is 5.75 Å². The number of nitrogens with one attached hydrogen (secondary N) is 2. The molecule has 0 radical (unpaired) electrons. The molecule has 33 heavy (non-hydrogen) atoms. The highest BCUT2D eigenvalue weighted by Gasteiger charge is 2.48. The fraction of sp³-hybridized carbons (Fsp3) is 0.250. The van der Waals surface area contributed by atoms with Crippen molar-refractivity contribution in [1.82, 2.24) is 15.5 Å². The monoisotopic (exact) mass is 446 g/mol. The number of nitrogens with zero attached hydrogens (tertiary/aromatic N) is 2. The van der Waals surface area contributed by atoms with Crippen LogP contribution in [0.25, 0.3) is 0 Å². The second-order valence-corrected chi connectivity index (χ2v) is 7.68. The fourth-order valence-corrected chi connectivity index (χ4v) is 3.78. The van der Waals surface area contributed by atoms with Gasteiger partial charge in [-0.3, -0.25) is 14.9 Å². The van der Waals surface area contributed by atoms with Crippen molar-refractivity contribution >= 4 is 23.6 Å². The van der Waals surface area contributed by atoms with Crippen molar-refractivity contribution in [2.45, 2.75) is 19.0 Å². The Morgan fingerprint density at radius 2 is 1.91 bits per heavy atom. The average Bonchev–Trinajstić information content (AvgIpc) is 3.27. The Hall–Kier alpha value is -4.32. The first kappa shape index (κ1) is 21.9. The van der Waals surface area contributed by atoms with Gasteiger partial charge in [-0.2, -0.15) is 0 Å². The number of ether oxygens (including phenoxy) is 1. The molecule has 1 fully saturated rings. The van der Waals surface area contributed by atoms with Crippen molar-refractivity contribution in [3.05, 3.63) is 64.7 Å². The molecule has 2 N–H and O–H groups in total. The molecular weight excluding hydrogens is 424 g/mol. The Morgan fingerprint density at radius 1 is 1.15 bits per heavy atom. The predicted molar refractivity (Wildman–Crippen MR) is 120 cm³/mol. The van der Waals surface area contributed by atoms with Gasteiger partial charge in [0.05, 0.1) is 19.4 Å². The zero-order valence-corrected chi connectivity index (χ0v) is 18.4. The van der Waals surface area contributed by atoms with Crippen LogP contribution in [0.4, 0.5) is 4.79 Å². The summed E-state index contributed by atoms with van der Waals surface area (Å²) < 4.78 is 5.20. The Morgan fingerprint density at radius 3 is 2.55 bits per heavy atom. The van der Waals surface area contributed by atoms with Gasteiger partial charge in [0.1, 0.15) is 12.9 Å². The number of hydrogen-bond acceptors (Lipinski definition) is 6. The number of carbonyl (C=O) groups is 3. The number of benzene rings is 2. The van der Waals surface area contributed by atoms with Crippen LogP contribution in [0.1, 0.15) is 34.0 Å². The molecule has 0 aliphatic carbocycles. The van der Waals surface area contributed by atoms with E-state index in [-0.39, 0.29) is 12.5 Å². The largest absolute Gasteiger partial charge is 0.497 e. The van der Waals surface area contributed by atoms with Crippen molar-refractivity contribution in [2.75, 3.05) is 20.8 Å². The summed E-state index contributed by atoms with van der Waals surface area (Å²) in [6, 6.07) is 11.8. The molecule has 2 aliphatic heterocycles. The van der Waals surface area contributed by atoms with Crippen LogP contribution in [0, 0.1) is 11.8 Å². The lowest BCUT2D eigenvalue weighted by molar-refractivity contribution is -0.122. The molecule has 1 atom stereocenters. The summed E-state index contributed by atoms with van der Waals surface area (Å²) in [5.41, 5.74) is 1.96. The smallest absolute Gasteiger partial charge is 0.323 e. The van der Waals surface area contributed by atoms with E-state index in [0.29, 0.717) is 29.1 Å². The summed E-state index contributed by atoms with van der Waals surface area (Å²) in [6.07, 6.45) is 0. The average molecular weight is 446 g/mol. The van der Waals surface area contributed by atoms with Gasteiger partial charge < -0.3 is 19.8 Å². The molecule has 0 bridgehead atoms. The Balaban J connectivity index is 1.60. The molecule has 4 rings (SSSR count). The van der Waals surface area contributed by atoms with Gasteiger partial charge in [0.15, 0.2) is 0 Å². The molecule has 0 aromatic heterocycles. The van der Waals surface area contributed by atoms with Gasteiger partial charge in [0.2, 0.25) is 5.54 Å². The SMILES string of the molecule is CO/N=C(/C)c1ccc(C#C[C@]2(CN3Cc4ccc(OC)cc4C3=O)NC(=O)NC2=O)cc1. The molecule has 2 aromatic rings. The lowest BCUT2D eigenvalue weighted by Crippen LogP contribution is -2.54. The van der Waals surface area contributed by atoms with Crippen molar-refractivity contribution in [2.24, 2.45) is 5.16 Å². The van der Waals surface area contributed by atoms with E-state index in [4.69, 9.17) is 9.57 Å². The van der Waals surface area contributed by atoms with Crippen LogP contribution in [-0.4, -0.2) is 54.8 Å². The first-order chi connectivity index (χ1) is 15.8. The molecule has 9 nitrogen and oxygen atoms in total. The van der Waals surface area contributed by atoms with Crippen molar-refractivity contribution < 1.29 is 24.0 Å². The van der Waals surface area contributed by atoms with Gasteiger partial charge in [-0.15, -0.1) is 0 Å². The fourth-order valence-electron chi connectivity index (χ4n) is 3.78. The molecule has 0 spiro atoms. The molecule has 0 saturated carbocycles. The number of carbonyl (C=O) groups excluding carboxylic acids is 3. The van der Waals surface area contributed by atoms with E-state index in [1.54, 1.807) is 24.3 Å². The second kappa shape index (κ2) is 8.67. The van der Waals surface area contributed by atoms with E-state index < -0.39 is 17.5 Å². The van der Waals surface area contributed by atoms with Gasteiger partial charge in [0.25, 0.3) is 11.8 Å². The molecule has 2 heterocycles. The summed E-state index contributed by atoms with van der Waals surface area (Å²) in [5, 5.41) is 8.72. The molecule has 0 unspecified atom stereocenters. The lowest BCUT2D eigenvalue weighted by atomic mass is 9.98. The Kier molecular flexibility index (Phi) is 5.75. The van der Waals surface area contributed by atoms with Crippen LogP contribution in [0.15, 0.2) is 47.6 Å². The number of urea groups is 1. The molecule has 2 aromatic carbocycles. The minimum atomic E-state index is -1.56. The lowest BCUT2D eigenvalue weighted by Gasteiger charge is -2.26. The van der Waals surface area contributed by atoms with Crippen molar-refractivity contribution in [3.63, 3.8) is 0 Å². The second-order valence-electron chi connectivity index (χ2n) is 7.68. The minimum Gasteiger partial charge on any atom is -0.497 e. The number of fused-ring (bicyclic) bond motifs is 1. The maximum absolute atomic E-state index is 13.0. The highest BCUT2D eigenvalue weighted by Crippen LogP contribution is 2.28. The third-order valence-electron chi connectivity index (χ3n) is 5.52. The number of methoxy groups -OCH3 is 1. The van der Waals surface area contributed by atoms with E-state index in [1.807, 2.05) is 25.1 Å². The first-order valence-electron chi connectivity index (χ1n) is 10.2. The van der Waals surface area contributed by atoms with Gasteiger partial charge in [-0.1, -0.05) is 35.2 Å². The highest BCUT2D eigenvalue weighted by molar-refractivity contribution is 6.10. The molecule has 168 valence electrons. The number of rotatable bonds is 5. The highest BCUT2D eigenvalue weighted by atomic mass is 16.6. The minimum absolute atomic E-state index is 0.0922. The molecule has 4 amide bonds. The van der Waals surface area contributed by atoms with Gasteiger partial charge >= 0.3 is 6.03 Å². The molecule has 9 heteroatoms. The molecular formula is C24H22N4O5. The van der Waals surface area contributed by atoms with Crippen molar-refractivity contribution in [3.8, 4) is 17.6 Å². The predicted octanol–water partition coefficient (Wildman–Crippen LogP) is 1.65. The van der Waals surface area contributed by atoms with Crippen LogP contribution in [0.2, 0.25) is 0 Å². The molecule has 2 aliphatic rings. The number of imide groups is 1. The van der Waals surface area contributed by atoms with E-state index in [0.717, 1.165) is 11.1 Å². The Bertz CT molecular complexity index is 1230. The van der Waals surface area contributed by atoms with Gasteiger partial charge in [-0.05, 0) is 42.3 Å². The summed E-state index contributed by atoms with van der Waals surface area (Å²) in [7, 11) is 3.00. The van der Waals surface area contributed by atoms with Gasteiger partial charge in [0, 0.05) is 17.7 Å². The zero-order valence-electron chi connectivity index (χ0n) is 18.4. The van der Waals surface area contributed by atoms with Crippen LogP contribution in [-0.2, 0) is 16.2 Å². The van der Waals surface area contributed by atoms with Crippen LogP contribution >= 0.6 is 0 Å². The maximum atomic E-state index is 13.0. The van der Waals surface area contributed by atoms with E-state index in [9.17, 15) is 14.4 Å². The van der Waals surface area contributed by atoms with E-state index in [1.165, 1.54) is 19.1 Å². The topological polar surface area (TPSA) is 109 Å². The molecule has 1 saturated heterocycles. The number of hydrogen-bond donors (Lipinski definition) is 2. The van der Waals surface area contributed by atoms with E-state index >= 15 is 0 Å². The summed E-state index contributed by atoms with van der Waals surface area (Å²) in [5.74, 6) is 5.56. The van der Waals surface area contributed by atoms with Crippen LogP contribution in [0.3, 0.4) is 0 Å². The van der Waals surface area contributed by atoms with Gasteiger partial charge in [-0.25, -0.2) is 4.79 Å². The Labute approximate surface area is 190 Å². The van der Waals surface area contributed by atoms with E-state index in [2.05, 4.69) is 27.6 Å². The standard InChI is InChI=1S/C24H22N4O5/c1-15(27-33-3)17-6-4-16(5-7-17)10-11-24(22(30)25-23(31)26-24)14-28-13-18-8-9-19(32-2)12-20(18)21(28)29/h4-9,12H,13-14H2,1-3H3,(H2,25,26,30,31)/b27-15-/t24-/m1/s1. The third-order valence-corrected chi connectivity index (χ3v) is 5.52. The number of amides is 4. The number of oxime groups is 1. The quantitative estimate of drug-likeness (QED) is 0.314. The third kappa shape index (κ3) is 4.23. The summed E-state index contributed by atoms with van der Waals surface area (Å²) in [4.78, 5) is 43.9.